The maximum absolute atomic E-state index is 12.1. The van der Waals surface area contributed by atoms with E-state index in [1.165, 1.54) is 0 Å². The molecule has 0 fully saturated rings. The van der Waals surface area contributed by atoms with Crippen molar-refractivity contribution < 1.29 is 42.0 Å². The van der Waals surface area contributed by atoms with E-state index >= 15 is 0 Å². The van der Waals surface area contributed by atoms with Crippen LogP contribution in [0.15, 0.2) is 22.7 Å². The predicted octanol–water partition coefficient (Wildman–Crippen LogP) is 3.74. The van der Waals surface area contributed by atoms with Crippen LogP contribution in [-0.4, -0.2) is 15.9 Å². The molecule has 0 aliphatic carbocycles. The number of carbonyl (C=O) groups excluding carboxylic acids is 1. The third-order valence-electron chi connectivity index (χ3n) is 4.04. The van der Waals surface area contributed by atoms with Crippen LogP contribution in [0.3, 0.4) is 0 Å². The van der Waals surface area contributed by atoms with E-state index in [4.69, 9.17) is 4.52 Å². The van der Waals surface area contributed by atoms with Crippen LogP contribution in [0.25, 0.3) is 11.0 Å². The molecular formula is C18H17N2O2Y-. The third kappa shape index (κ3) is 3.29. The van der Waals surface area contributed by atoms with E-state index in [-0.39, 0.29) is 38.5 Å². The van der Waals surface area contributed by atoms with Gasteiger partial charge in [0.1, 0.15) is 16.7 Å². The first-order valence-electron chi connectivity index (χ1n) is 7.21. The van der Waals surface area contributed by atoms with Crippen molar-refractivity contribution in [3.8, 4) is 0 Å². The molecule has 0 spiro atoms. The summed E-state index contributed by atoms with van der Waals surface area (Å²) in [6, 6.07) is 8.92. The summed E-state index contributed by atoms with van der Waals surface area (Å²) >= 11 is 0. The molecule has 0 N–H and O–H groups in total. The van der Waals surface area contributed by atoms with Crippen LogP contribution in [0, 0.1) is 26.8 Å². The number of aryl methyl sites for hydroxylation is 3. The first kappa shape index (κ1) is 18.0. The molecule has 1 radical (unpaired) electrons. The van der Waals surface area contributed by atoms with Crippen molar-refractivity contribution in [3.05, 3.63) is 58.0 Å². The molecule has 2 heterocycles. The molecule has 5 heteroatoms. The molecule has 0 amide bonds. The zero-order valence-electron chi connectivity index (χ0n) is 13.7. The molecule has 2 aromatic heterocycles. The van der Waals surface area contributed by atoms with Gasteiger partial charge in [-0.3, -0.25) is 4.79 Å². The van der Waals surface area contributed by atoms with Gasteiger partial charge in [-0.15, -0.1) is 0 Å². The van der Waals surface area contributed by atoms with Gasteiger partial charge in [0.25, 0.3) is 0 Å². The molecule has 0 aliphatic heterocycles. The summed E-state index contributed by atoms with van der Waals surface area (Å²) < 4.78 is 5.23. The minimum Gasteiger partial charge on any atom is -0.359 e. The van der Waals surface area contributed by atoms with Gasteiger partial charge >= 0.3 is 0 Å². The molecule has 3 aromatic rings. The van der Waals surface area contributed by atoms with Crippen molar-refractivity contribution in [2.45, 2.75) is 34.1 Å². The molecule has 0 bridgehead atoms. The summed E-state index contributed by atoms with van der Waals surface area (Å²) in [5, 5.41) is 4.09. The number of ketones is 1. The Labute approximate surface area is 160 Å². The summed E-state index contributed by atoms with van der Waals surface area (Å²) in [5.41, 5.74) is 6.09. The summed E-state index contributed by atoms with van der Waals surface area (Å²) in [7, 11) is 0. The zero-order valence-corrected chi connectivity index (χ0v) is 16.6. The van der Waals surface area contributed by atoms with E-state index < -0.39 is 0 Å². The second-order valence-electron chi connectivity index (χ2n) is 5.59. The smallest absolute Gasteiger partial charge is 0.178 e. The van der Waals surface area contributed by atoms with Crippen LogP contribution in [0.5, 0.6) is 0 Å². The van der Waals surface area contributed by atoms with Crippen molar-refractivity contribution >= 4 is 16.8 Å². The number of fused-ring (bicyclic) bond motifs is 1. The summed E-state index contributed by atoms with van der Waals surface area (Å²) in [6.45, 7) is 7.37. The Kier molecular flexibility index (Phi) is 5.48. The largest absolute Gasteiger partial charge is 0.359 e. The van der Waals surface area contributed by atoms with Crippen LogP contribution >= 0.6 is 0 Å². The summed E-state index contributed by atoms with van der Waals surface area (Å²) in [6.07, 6.45) is 0.649. The van der Waals surface area contributed by atoms with Crippen LogP contribution in [-0.2, 0) is 39.1 Å². The van der Waals surface area contributed by atoms with E-state index in [1.807, 2.05) is 39.0 Å². The number of hydrogen-bond acceptors (Lipinski definition) is 4. The van der Waals surface area contributed by atoms with Gasteiger partial charge in [0.05, 0.1) is 0 Å². The standard InChI is InChI=1S/C18H17N2O2.Y/c1-10-7-5-6-8-14(10)9-15-11(2)16-18(13(4)22-20-16)19-17(15)12(3)21;/h6-8H,9H2,1-4H3;/q-1;. The monoisotopic (exact) mass is 382 g/mol. The SMILES string of the molecule is CC(=O)c1nc2c(C)onc2c(C)c1Cc1cc[c-]cc1C.[Y]. The Bertz CT molecular complexity index is 884. The van der Waals surface area contributed by atoms with Gasteiger partial charge in [-0.1, -0.05) is 12.1 Å². The van der Waals surface area contributed by atoms with Crippen LogP contribution in [0.2, 0.25) is 0 Å². The number of Topliss-reactive ketones (excluding diaryl/α,β-unsaturated/α-hetero) is 1. The van der Waals surface area contributed by atoms with E-state index in [9.17, 15) is 4.79 Å². The Morgan fingerprint density at radius 2 is 2.00 bits per heavy atom. The second-order valence-corrected chi connectivity index (χ2v) is 5.59. The molecule has 0 atom stereocenters. The fraction of sp³-hybridized carbons (Fsp3) is 0.278. The normalized spacial score (nSPS) is 10.6. The van der Waals surface area contributed by atoms with Gasteiger partial charge in [-0.05, 0) is 31.4 Å². The van der Waals surface area contributed by atoms with Crippen molar-refractivity contribution in [3.63, 3.8) is 0 Å². The van der Waals surface area contributed by atoms with Gasteiger partial charge in [0, 0.05) is 39.6 Å². The van der Waals surface area contributed by atoms with Crippen LogP contribution in [0.4, 0.5) is 0 Å². The van der Waals surface area contributed by atoms with Crippen LogP contribution < -0.4 is 0 Å². The quantitative estimate of drug-likeness (QED) is 0.512. The molecule has 23 heavy (non-hydrogen) atoms. The Morgan fingerprint density at radius 1 is 1.26 bits per heavy atom. The van der Waals surface area contributed by atoms with Gasteiger partial charge in [-0.2, -0.15) is 35.4 Å². The van der Waals surface area contributed by atoms with Gasteiger partial charge < -0.3 is 4.52 Å². The van der Waals surface area contributed by atoms with Gasteiger partial charge in [-0.25, -0.2) is 4.98 Å². The maximum atomic E-state index is 12.1. The molecule has 0 aliphatic rings. The maximum Gasteiger partial charge on any atom is 0.178 e. The van der Waals surface area contributed by atoms with E-state index in [1.54, 1.807) is 6.92 Å². The number of carbonyl (C=O) groups is 1. The van der Waals surface area contributed by atoms with E-state index in [0.29, 0.717) is 23.4 Å². The molecule has 0 saturated heterocycles. The van der Waals surface area contributed by atoms with Crippen molar-refractivity contribution in [2.24, 2.45) is 0 Å². The van der Waals surface area contributed by atoms with Crippen molar-refractivity contribution in [1.29, 1.82) is 0 Å². The number of benzene rings is 1. The minimum absolute atomic E-state index is 0. The fourth-order valence-corrected chi connectivity index (χ4v) is 2.69. The molecule has 4 nitrogen and oxygen atoms in total. The molecule has 0 unspecified atom stereocenters. The van der Waals surface area contributed by atoms with Gasteiger partial charge in [0.15, 0.2) is 11.5 Å². The number of hydrogen-bond donors (Lipinski definition) is 0. The molecule has 1 aromatic carbocycles. The zero-order chi connectivity index (χ0) is 15.9. The first-order chi connectivity index (χ1) is 10.5. The number of aromatic nitrogens is 2. The predicted molar refractivity (Wildman–Crippen MR) is 84.1 cm³/mol. The minimum atomic E-state index is -0.0410. The molecule has 0 saturated carbocycles. The third-order valence-corrected chi connectivity index (χ3v) is 4.04. The molecule has 3 rings (SSSR count). The van der Waals surface area contributed by atoms with Crippen molar-refractivity contribution in [2.75, 3.05) is 0 Å². The molecular weight excluding hydrogens is 365 g/mol. The van der Waals surface area contributed by atoms with Gasteiger partial charge in [0.2, 0.25) is 0 Å². The average molecular weight is 382 g/mol. The van der Waals surface area contributed by atoms with E-state index in [2.05, 4.69) is 16.2 Å². The Hall–Kier alpha value is -1.39. The number of nitrogens with zero attached hydrogens (tertiary/aromatic N) is 2. The number of pyridine rings is 1. The topological polar surface area (TPSA) is 56.0 Å². The molecule has 115 valence electrons. The number of rotatable bonds is 3. The fourth-order valence-electron chi connectivity index (χ4n) is 2.69. The Balaban J connectivity index is 0.00000192. The summed E-state index contributed by atoms with van der Waals surface area (Å²) in [5.74, 6) is 0.596. The Morgan fingerprint density at radius 3 is 2.65 bits per heavy atom. The van der Waals surface area contributed by atoms with E-state index in [0.717, 1.165) is 27.8 Å². The second kappa shape index (κ2) is 7.02. The van der Waals surface area contributed by atoms with Crippen molar-refractivity contribution in [1.82, 2.24) is 10.1 Å². The summed E-state index contributed by atoms with van der Waals surface area (Å²) in [4.78, 5) is 16.6. The first-order valence-corrected chi connectivity index (χ1v) is 7.21. The van der Waals surface area contributed by atoms with Crippen LogP contribution in [0.1, 0.15) is 45.4 Å². The average Bonchev–Trinajstić information content (AvgIpc) is 2.85.